The molecule has 126 valence electrons. The Hall–Kier alpha value is -1.75. The van der Waals surface area contributed by atoms with Crippen LogP contribution in [0, 0.1) is 11.3 Å². The van der Waals surface area contributed by atoms with Gasteiger partial charge in [0.2, 0.25) is 0 Å². The van der Waals surface area contributed by atoms with E-state index in [0.717, 1.165) is 6.08 Å². The quantitative estimate of drug-likeness (QED) is 0.616. The van der Waals surface area contributed by atoms with E-state index >= 15 is 0 Å². The standard InChI is InChI=1S/C18H23FO4/c1-10(7-15(21)22)5-6-18(23)11(2)16(12-8-13(12)19)14(20)9-17(18,3)4/h5-7,12-13,23H,8-9H2,1-4H3,(H,21,22)/b6-5+,10-7-. The van der Waals surface area contributed by atoms with Gasteiger partial charge in [0, 0.05) is 29.4 Å². The highest BCUT2D eigenvalue weighted by Gasteiger charge is 2.54. The van der Waals surface area contributed by atoms with Crippen molar-refractivity contribution >= 4 is 11.8 Å². The average molecular weight is 322 g/mol. The molecule has 0 radical (unpaired) electrons. The van der Waals surface area contributed by atoms with Gasteiger partial charge < -0.3 is 10.2 Å². The number of halogens is 1. The van der Waals surface area contributed by atoms with E-state index in [4.69, 9.17) is 5.11 Å². The topological polar surface area (TPSA) is 74.6 Å². The van der Waals surface area contributed by atoms with Crippen molar-refractivity contribution in [1.29, 1.82) is 0 Å². The third-order valence-electron chi connectivity index (χ3n) is 4.93. The highest BCUT2D eigenvalue weighted by atomic mass is 19.1. The molecule has 0 aromatic carbocycles. The van der Waals surface area contributed by atoms with Crippen LogP contribution in [0.2, 0.25) is 0 Å². The lowest BCUT2D eigenvalue weighted by Crippen LogP contribution is -2.49. The molecule has 0 aromatic heterocycles. The highest BCUT2D eigenvalue weighted by molar-refractivity contribution is 5.99. The molecule has 0 aliphatic heterocycles. The predicted molar refractivity (Wildman–Crippen MR) is 84.6 cm³/mol. The Labute approximate surface area is 135 Å². The fraction of sp³-hybridized carbons (Fsp3) is 0.556. The molecule has 2 N–H and O–H groups in total. The summed E-state index contributed by atoms with van der Waals surface area (Å²) in [6.07, 6.45) is 3.56. The number of carbonyl (C=O) groups is 2. The van der Waals surface area contributed by atoms with Crippen molar-refractivity contribution in [3.05, 3.63) is 34.9 Å². The maximum atomic E-state index is 13.4. The number of hydrogen-bond acceptors (Lipinski definition) is 3. The fourth-order valence-corrected chi connectivity index (χ4v) is 3.35. The van der Waals surface area contributed by atoms with Crippen molar-refractivity contribution < 1.29 is 24.2 Å². The molecule has 1 fully saturated rings. The van der Waals surface area contributed by atoms with Crippen LogP contribution in [-0.2, 0) is 9.59 Å². The lowest BCUT2D eigenvalue weighted by molar-refractivity contribution is -0.131. The largest absolute Gasteiger partial charge is 0.478 e. The molecule has 3 atom stereocenters. The van der Waals surface area contributed by atoms with Crippen LogP contribution in [0.3, 0.4) is 0 Å². The van der Waals surface area contributed by atoms with Crippen LogP contribution < -0.4 is 0 Å². The number of alkyl halides is 1. The van der Waals surface area contributed by atoms with Gasteiger partial charge in [0.15, 0.2) is 5.78 Å². The summed E-state index contributed by atoms with van der Waals surface area (Å²) in [5.41, 5.74) is -0.806. The molecule has 1 saturated carbocycles. The smallest absolute Gasteiger partial charge is 0.328 e. The van der Waals surface area contributed by atoms with E-state index in [0.29, 0.717) is 23.1 Å². The molecule has 0 spiro atoms. The number of carboxylic acids is 1. The number of aliphatic hydroxyl groups is 1. The fourth-order valence-electron chi connectivity index (χ4n) is 3.35. The van der Waals surface area contributed by atoms with E-state index in [2.05, 4.69) is 0 Å². The Morgan fingerprint density at radius 3 is 2.43 bits per heavy atom. The van der Waals surface area contributed by atoms with Crippen LogP contribution in [0.15, 0.2) is 34.9 Å². The van der Waals surface area contributed by atoms with Crippen LogP contribution in [-0.4, -0.2) is 33.7 Å². The van der Waals surface area contributed by atoms with Gasteiger partial charge in [-0.2, -0.15) is 0 Å². The van der Waals surface area contributed by atoms with Gasteiger partial charge in [-0.3, -0.25) is 4.79 Å². The predicted octanol–water partition coefficient (Wildman–Crippen LogP) is 2.98. The maximum Gasteiger partial charge on any atom is 0.328 e. The molecule has 0 bridgehead atoms. The van der Waals surface area contributed by atoms with E-state index in [1.807, 2.05) is 0 Å². The minimum Gasteiger partial charge on any atom is -0.478 e. The molecule has 5 heteroatoms. The minimum atomic E-state index is -1.41. The maximum absolute atomic E-state index is 13.4. The average Bonchev–Trinajstić information content (AvgIpc) is 3.09. The van der Waals surface area contributed by atoms with Gasteiger partial charge in [-0.25, -0.2) is 9.18 Å². The summed E-state index contributed by atoms with van der Waals surface area (Å²) in [5, 5.41) is 20.0. The number of carbonyl (C=O) groups excluding carboxylic acids is 1. The molecule has 23 heavy (non-hydrogen) atoms. The molecule has 3 unspecified atom stereocenters. The second kappa shape index (κ2) is 5.71. The van der Waals surface area contributed by atoms with Crippen LogP contribution in [0.25, 0.3) is 0 Å². The van der Waals surface area contributed by atoms with E-state index in [-0.39, 0.29) is 12.2 Å². The van der Waals surface area contributed by atoms with Crippen LogP contribution in [0.4, 0.5) is 4.39 Å². The van der Waals surface area contributed by atoms with E-state index < -0.39 is 29.1 Å². The number of allylic oxidation sites excluding steroid dienone is 3. The van der Waals surface area contributed by atoms with E-state index in [1.165, 1.54) is 12.2 Å². The van der Waals surface area contributed by atoms with Gasteiger partial charge in [-0.05, 0) is 37.5 Å². The summed E-state index contributed by atoms with van der Waals surface area (Å²) in [4.78, 5) is 23.1. The summed E-state index contributed by atoms with van der Waals surface area (Å²) >= 11 is 0. The summed E-state index contributed by atoms with van der Waals surface area (Å²) < 4.78 is 13.4. The Balaban J connectivity index is 2.47. The van der Waals surface area contributed by atoms with Crippen LogP contribution in [0.5, 0.6) is 0 Å². The molecule has 2 aliphatic rings. The lowest BCUT2D eigenvalue weighted by atomic mass is 9.62. The lowest BCUT2D eigenvalue weighted by Gasteiger charge is -2.46. The SMILES string of the molecule is CC1=C(C2CC2F)C(=O)CC(C)(C)C1(O)/C=C/C(C)=C\C(=O)O. The molecular weight excluding hydrogens is 299 g/mol. The van der Waals surface area contributed by atoms with E-state index in [1.54, 1.807) is 27.7 Å². The van der Waals surface area contributed by atoms with Gasteiger partial charge in [0.05, 0.1) is 0 Å². The Bertz CT molecular complexity index is 641. The molecule has 2 aliphatic carbocycles. The first kappa shape index (κ1) is 17.6. The van der Waals surface area contributed by atoms with Gasteiger partial charge >= 0.3 is 5.97 Å². The molecule has 2 rings (SSSR count). The van der Waals surface area contributed by atoms with Crippen LogP contribution in [0.1, 0.15) is 40.5 Å². The summed E-state index contributed by atoms with van der Waals surface area (Å²) in [5.74, 6) is -1.58. The summed E-state index contributed by atoms with van der Waals surface area (Å²) in [6.45, 7) is 6.85. The monoisotopic (exact) mass is 322 g/mol. The summed E-state index contributed by atoms with van der Waals surface area (Å²) in [6, 6.07) is 0. The zero-order valence-corrected chi connectivity index (χ0v) is 13.9. The highest BCUT2D eigenvalue weighted by Crippen LogP contribution is 2.52. The molecule has 0 saturated heterocycles. The van der Waals surface area contributed by atoms with Gasteiger partial charge in [-0.15, -0.1) is 0 Å². The van der Waals surface area contributed by atoms with Crippen molar-refractivity contribution in [3.63, 3.8) is 0 Å². The van der Waals surface area contributed by atoms with E-state index in [9.17, 15) is 19.1 Å². The van der Waals surface area contributed by atoms with Crippen molar-refractivity contribution in [3.8, 4) is 0 Å². The van der Waals surface area contributed by atoms with Gasteiger partial charge in [0.1, 0.15) is 11.8 Å². The first-order valence-electron chi connectivity index (χ1n) is 7.71. The number of ketones is 1. The molecule has 0 heterocycles. The first-order valence-corrected chi connectivity index (χ1v) is 7.71. The molecule has 0 aromatic rings. The number of rotatable bonds is 4. The van der Waals surface area contributed by atoms with Crippen molar-refractivity contribution in [2.75, 3.05) is 0 Å². The Morgan fingerprint density at radius 1 is 1.39 bits per heavy atom. The Kier molecular flexibility index (Phi) is 4.37. The third-order valence-corrected chi connectivity index (χ3v) is 4.93. The molecule has 0 amide bonds. The second-order valence-electron chi connectivity index (χ2n) is 7.21. The molecular formula is C18H23FO4. The van der Waals surface area contributed by atoms with Gasteiger partial charge in [-0.1, -0.05) is 19.9 Å². The number of hydrogen-bond donors (Lipinski definition) is 2. The van der Waals surface area contributed by atoms with Crippen molar-refractivity contribution in [2.45, 2.75) is 52.3 Å². The summed E-state index contributed by atoms with van der Waals surface area (Å²) in [7, 11) is 0. The Morgan fingerprint density at radius 2 is 1.96 bits per heavy atom. The zero-order chi connectivity index (χ0) is 17.6. The zero-order valence-electron chi connectivity index (χ0n) is 13.9. The van der Waals surface area contributed by atoms with Crippen LogP contribution >= 0.6 is 0 Å². The normalized spacial score (nSPS) is 34.2. The number of aliphatic carboxylic acids is 1. The van der Waals surface area contributed by atoms with Crippen molar-refractivity contribution in [2.24, 2.45) is 11.3 Å². The molecule has 4 nitrogen and oxygen atoms in total. The van der Waals surface area contributed by atoms with Crippen molar-refractivity contribution in [1.82, 2.24) is 0 Å². The number of carboxylic acid groups (broad SMARTS) is 1. The first-order chi connectivity index (χ1) is 10.5. The second-order valence-corrected chi connectivity index (χ2v) is 7.21. The third kappa shape index (κ3) is 3.15. The minimum absolute atomic E-state index is 0.103. The number of Topliss-reactive ketones (excluding diaryl/α,β-unsaturated/α-hetero) is 1. The van der Waals surface area contributed by atoms with Gasteiger partial charge in [0.25, 0.3) is 0 Å².